The molecular weight excluding hydrogens is 372 g/mol. The Morgan fingerprint density at radius 2 is 1.97 bits per heavy atom. The van der Waals surface area contributed by atoms with Crippen LogP contribution < -0.4 is 0 Å². The molecule has 3 atom stereocenters. The zero-order valence-electron chi connectivity index (χ0n) is 17.4. The van der Waals surface area contributed by atoms with Crippen molar-refractivity contribution in [1.29, 1.82) is 0 Å². The molecule has 0 amide bonds. The van der Waals surface area contributed by atoms with Gasteiger partial charge in [0.1, 0.15) is 5.78 Å². The minimum atomic E-state index is -0.209. The number of benzene rings is 2. The highest BCUT2D eigenvalue weighted by molar-refractivity contribution is 5.83. The van der Waals surface area contributed by atoms with Crippen LogP contribution in [0.15, 0.2) is 54.6 Å². The fourth-order valence-electron chi connectivity index (χ4n) is 5.93. The third kappa shape index (κ3) is 2.85. The molecule has 30 heavy (non-hydrogen) atoms. The fraction of sp³-hybridized carbons (Fsp3) is 0.385. The lowest BCUT2D eigenvalue weighted by Gasteiger charge is -2.49. The normalized spacial score (nSPS) is 25.6. The van der Waals surface area contributed by atoms with Crippen LogP contribution in [-0.2, 0) is 23.1 Å². The number of nitrogens with one attached hydrogen (secondary N) is 1. The first kappa shape index (κ1) is 19.3. The first-order valence-corrected chi connectivity index (χ1v) is 11.0. The molecule has 1 heterocycles. The number of carbonyl (C=O) groups is 1. The SMILES string of the molecule is C[C@@H]1C(=O)CC[C@]2(c3ccccc3)c3n[nH]c(-c4cccc(CCO)c4)c3CC[C@@H]12. The second-order valence-corrected chi connectivity index (χ2v) is 8.84. The van der Waals surface area contributed by atoms with Crippen molar-refractivity contribution in [2.75, 3.05) is 6.61 Å². The van der Waals surface area contributed by atoms with Crippen molar-refractivity contribution in [1.82, 2.24) is 10.2 Å². The van der Waals surface area contributed by atoms with E-state index >= 15 is 0 Å². The lowest BCUT2D eigenvalue weighted by atomic mass is 9.53. The standard InChI is InChI=1S/C26H28N2O2/c1-17-22-11-10-21-24(19-7-5-6-18(16-19)13-15-29)27-28-25(21)26(22,14-12-23(17)30)20-8-3-2-4-9-20/h2-9,16-17,22,29H,10-15H2,1H3,(H,27,28)/t17-,22-,26+/m0/s1. The largest absolute Gasteiger partial charge is 0.396 e. The summed E-state index contributed by atoms with van der Waals surface area (Å²) in [6, 6.07) is 19.0. The number of aliphatic hydroxyl groups is 1. The number of fused-ring (bicyclic) bond motifs is 3. The number of carbonyl (C=O) groups excluding carboxylic acids is 1. The molecule has 0 bridgehead atoms. The summed E-state index contributed by atoms with van der Waals surface area (Å²) in [5.41, 5.74) is 6.83. The van der Waals surface area contributed by atoms with E-state index in [4.69, 9.17) is 5.10 Å². The molecule has 2 aromatic carbocycles. The number of aliphatic hydroxyl groups excluding tert-OH is 1. The third-order valence-corrected chi connectivity index (χ3v) is 7.41. The van der Waals surface area contributed by atoms with E-state index in [0.29, 0.717) is 18.6 Å². The van der Waals surface area contributed by atoms with E-state index in [0.717, 1.165) is 41.8 Å². The number of rotatable bonds is 4. The van der Waals surface area contributed by atoms with Gasteiger partial charge in [0.05, 0.1) is 11.4 Å². The van der Waals surface area contributed by atoms with Crippen molar-refractivity contribution in [2.24, 2.45) is 11.8 Å². The van der Waals surface area contributed by atoms with Crippen molar-refractivity contribution < 1.29 is 9.90 Å². The van der Waals surface area contributed by atoms with E-state index in [1.165, 1.54) is 11.1 Å². The minimum absolute atomic E-state index is 0.0557. The Kier molecular flexibility index (Phi) is 4.82. The Bertz CT molecular complexity index is 1070. The second-order valence-electron chi connectivity index (χ2n) is 8.84. The number of hydrogen-bond donors (Lipinski definition) is 2. The number of ketones is 1. The van der Waals surface area contributed by atoms with Crippen molar-refractivity contribution in [3.05, 3.63) is 77.0 Å². The zero-order chi connectivity index (χ0) is 20.7. The van der Waals surface area contributed by atoms with E-state index in [2.05, 4.69) is 60.6 Å². The Hall–Kier alpha value is -2.72. The maximum Gasteiger partial charge on any atom is 0.136 e. The number of H-pyrrole nitrogens is 1. The molecule has 0 spiro atoms. The number of aromatic nitrogens is 2. The van der Waals surface area contributed by atoms with Crippen LogP contribution in [-0.4, -0.2) is 27.7 Å². The maximum absolute atomic E-state index is 12.6. The topological polar surface area (TPSA) is 66.0 Å². The van der Waals surface area contributed by atoms with Crippen molar-refractivity contribution in [3.8, 4) is 11.3 Å². The first-order chi connectivity index (χ1) is 14.6. The van der Waals surface area contributed by atoms with E-state index in [9.17, 15) is 9.90 Å². The molecule has 2 aliphatic carbocycles. The van der Waals surface area contributed by atoms with Crippen LogP contribution in [0.1, 0.15) is 48.6 Å². The van der Waals surface area contributed by atoms with Crippen LogP contribution in [0.4, 0.5) is 0 Å². The van der Waals surface area contributed by atoms with Crippen LogP contribution in [0.25, 0.3) is 11.3 Å². The third-order valence-electron chi connectivity index (χ3n) is 7.41. The molecule has 4 heteroatoms. The van der Waals surface area contributed by atoms with Crippen LogP contribution in [0.2, 0.25) is 0 Å². The predicted octanol–water partition coefficient (Wildman–Crippen LogP) is 4.46. The van der Waals surface area contributed by atoms with Gasteiger partial charge in [-0.3, -0.25) is 9.89 Å². The molecule has 5 rings (SSSR count). The number of Topliss-reactive ketones (excluding diaryl/α,β-unsaturated/α-hetero) is 1. The lowest BCUT2D eigenvalue weighted by molar-refractivity contribution is -0.128. The molecule has 1 saturated carbocycles. The molecular formula is C26H28N2O2. The Morgan fingerprint density at radius 3 is 2.77 bits per heavy atom. The van der Waals surface area contributed by atoms with Crippen molar-refractivity contribution in [2.45, 2.75) is 44.4 Å². The molecule has 3 aromatic rings. The highest BCUT2D eigenvalue weighted by Crippen LogP contribution is 2.55. The van der Waals surface area contributed by atoms with Gasteiger partial charge in [0.2, 0.25) is 0 Å². The summed E-state index contributed by atoms with van der Waals surface area (Å²) in [5.74, 6) is 0.730. The zero-order valence-corrected chi connectivity index (χ0v) is 17.4. The summed E-state index contributed by atoms with van der Waals surface area (Å²) in [5, 5.41) is 17.6. The number of aromatic amines is 1. The van der Waals surface area contributed by atoms with Gasteiger partial charge in [-0.15, -0.1) is 0 Å². The van der Waals surface area contributed by atoms with E-state index in [1.807, 2.05) is 6.07 Å². The second kappa shape index (κ2) is 7.51. The molecule has 1 fully saturated rings. The van der Waals surface area contributed by atoms with E-state index < -0.39 is 0 Å². The summed E-state index contributed by atoms with van der Waals surface area (Å²) in [7, 11) is 0. The molecule has 2 N–H and O–H groups in total. The minimum Gasteiger partial charge on any atom is -0.396 e. The fourth-order valence-corrected chi connectivity index (χ4v) is 5.93. The molecule has 0 saturated heterocycles. The van der Waals surface area contributed by atoms with Gasteiger partial charge in [-0.05, 0) is 48.8 Å². The molecule has 1 aromatic heterocycles. The van der Waals surface area contributed by atoms with Gasteiger partial charge in [-0.2, -0.15) is 5.10 Å². The summed E-state index contributed by atoms with van der Waals surface area (Å²) in [6.07, 6.45) is 4.02. The molecule has 0 unspecified atom stereocenters. The Labute approximate surface area is 177 Å². The summed E-state index contributed by atoms with van der Waals surface area (Å²) >= 11 is 0. The van der Waals surface area contributed by atoms with Crippen LogP contribution in [0.5, 0.6) is 0 Å². The highest BCUT2D eigenvalue weighted by atomic mass is 16.3. The lowest BCUT2D eigenvalue weighted by Crippen LogP contribution is -2.49. The van der Waals surface area contributed by atoms with Gasteiger partial charge >= 0.3 is 0 Å². The predicted molar refractivity (Wildman–Crippen MR) is 117 cm³/mol. The van der Waals surface area contributed by atoms with Gasteiger partial charge in [-0.25, -0.2) is 0 Å². The average Bonchev–Trinajstić information content (AvgIpc) is 3.22. The highest BCUT2D eigenvalue weighted by Gasteiger charge is 2.53. The molecule has 154 valence electrons. The van der Waals surface area contributed by atoms with Gasteiger partial charge < -0.3 is 5.11 Å². The van der Waals surface area contributed by atoms with Crippen molar-refractivity contribution >= 4 is 5.78 Å². The Morgan fingerprint density at radius 1 is 1.13 bits per heavy atom. The first-order valence-electron chi connectivity index (χ1n) is 11.0. The van der Waals surface area contributed by atoms with Crippen LogP contribution in [0.3, 0.4) is 0 Å². The average molecular weight is 401 g/mol. The molecule has 4 nitrogen and oxygen atoms in total. The van der Waals surface area contributed by atoms with Crippen molar-refractivity contribution in [3.63, 3.8) is 0 Å². The molecule has 0 radical (unpaired) electrons. The van der Waals surface area contributed by atoms with Gasteiger partial charge in [0, 0.05) is 35.5 Å². The molecule has 2 aliphatic rings. The maximum atomic E-state index is 12.6. The van der Waals surface area contributed by atoms with Crippen LogP contribution >= 0.6 is 0 Å². The number of hydrogen-bond acceptors (Lipinski definition) is 3. The van der Waals surface area contributed by atoms with Crippen LogP contribution in [0, 0.1) is 11.8 Å². The number of nitrogens with zero attached hydrogens (tertiary/aromatic N) is 1. The molecule has 0 aliphatic heterocycles. The van der Waals surface area contributed by atoms with Gasteiger partial charge in [0.15, 0.2) is 0 Å². The van der Waals surface area contributed by atoms with Gasteiger partial charge in [0.25, 0.3) is 0 Å². The smallest absolute Gasteiger partial charge is 0.136 e. The summed E-state index contributed by atoms with van der Waals surface area (Å²) in [4.78, 5) is 12.6. The quantitative estimate of drug-likeness (QED) is 0.680. The summed E-state index contributed by atoms with van der Waals surface area (Å²) in [6.45, 7) is 2.26. The monoisotopic (exact) mass is 400 g/mol. The van der Waals surface area contributed by atoms with E-state index in [1.54, 1.807) is 0 Å². The van der Waals surface area contributed by atoms with Gasteiger partial charge in [-0.1, -0.05) is 55.5 Å². The summed E-state index contributed by atoms with van der Waals surface area (Å²) < 4.78 is 0. The Balaban J connectivity index is 1.67. The van der Waals surface area contributed by atoms with E-state index in [-0.39, 0.29) is 23.9 Å².